The van der Waals surface area contributed by atoms with Gasteiger partial charge in [0.05, 0.1) is 12.2 Å². The highest BCUT2D eigenvalue weighted by Crippen LogP contribution is 2.48. The second kappa shape index (κ2) is 8.29. The number of fused-ring (bicyclic) bond motifs is 1. The SMILES string of the molecule is C[C@H]1CC[C@H]2[C@H](C1)O[C@H](c1ccc(Cl)cc1)C[C@]2(C)NC(=O)c1ccc(Cl)cc1. The smallest absolute Gasteiger partial charge is 0.251 e. The summed E-state index contributed by atoms with van der Waals surface area (Å²) in [5.41, 5.74) is 1.40. The van der Waals surface area contributed by atoms with Crippen molar-refractivity contribution in [2.45, 2.75) is 57.3 Å². The van der Waals surface area contributed by atoms with Gasteiger partial charge >= 0.3 is 0 Å². The van der Waals surface area contributed by atoms with Crippen molar-refractivity contribution >= 4 is 29.1 Å². The van der Waals surface area contributed by atoms with Crippen LogP contribution in [0.15, 0.2) is 48.5 Å². The Morgan fingerprint density at radius 2 is 1.66 bits per heavy atom. The van der Waals surface area contributed by atoms with Crippen LogP contribution < -0.4 is 5.32 Å². The van der Waals surface area contributed by atoms with Gasteiger partial charge < -0.3 is 10.1 Å². The summed E-state index contributed by atoms with van der Waals surface area (Å²) in [5.74, 6) is 0.883. The highest BCUT2D eigenvalue weighted by molar-refractivity contribution is 6.30. The molecule has 5 atom stereocenters. The number of benzene rings is 2. The summed E-state index contributed by atoms with van der Waals surface area (Å²) in [5, 5.41) is 4.71. The van der Waals surface area contributed by atoms with Gasteiger partial charge in [0, 0.05) is 33.5 Å². The van der Waals surface area contributed by atoms with Gasteiger partial charge in [-0.05, 0) is 67.6 Å². The lowest BCUT2D eigenvalue weighted by atomic mass is 9.66. The fraction of sp³-hybridized carbons (Fsp3) is 0.458. The third kappa shape index (κ3) is 4.47. The number of carbonyl (C=O) groups is 1. The summed E-state index contributed by atoms with van der Waals surface area (Å²) >= 11 is 12.1. The molecule has 1 aliphatic carbocycles. The van der Waals surface area contributed by atoms with E-state index >= 15 is 0 Å². The lowest BCUT2D eigenvalue weighted by Gasteiger charge is -2.52. The molecular formula is C24H27Cl2NO2. The third-order valence-electron chi connectivity index (χ3n) is 6.57. The Labute approximate surface area is 182 Å². The molecule has 0 unspecified atom stereocenters. The standard InChI is InChI=1S/C24H27Cl2NO2/c1-15-3-12-20-21(13-15)29-22(16-4-8-18(25)9-5-16)14-24(20,2)27-23(28)17-6-10-19(26)11-7-17/h4-11,15,20-22H,3,12-14H2,1-2H3,(H,27,28)/t15-,20-,21-,22-,24-/m0/s1. The number of amides is 1. The summed E-state index contributed by atoms with van der Waals surface area (Å²) in [7, 11) is 0. The summed E-state index contributed by atoms with van der Waals surface area (Å²) in [6, 6.07) is 14.9. The van der Waals surface area contributed by atoms with Crippen LogP contribution in [0.25, 0.3) is 0 Å². The van der Waals surface area contributed by atoms with Crippen molar-refractivity contribution < 1.29 is 9.53 Å². The monoisotopic (exact) mass is 431 g/mol. The molecule has 1 saturated heterocycles. The van der Waals surface area contributed by atoms with Gasteiger partial charge in [0.2, 0.25) is 0 Å². The Morgan fingerprint density at radius 3 is 2.31 bits per heavy atom. The number of halogens is 2. The van der Waals surface area contributed by atoms with Gasteiger partial charge in [-0.3, -0.25) is 4.79 Å². The number of hydrogen-bond donors (Lipinski definition) is 1. The van der Waals surface area contributed by atoms with Crippen LogP contribution in [-0.4, -0.2) is 17.6 Å². The summed E-state index contributed by atoms with van der Waals surface area (Å²) < 4.78 is 6.57. The first-order chi connectivity index (χ1) is 13.8. The maximum atomic E-state index is 13.0. The Hall–Kier alpha value is -1.55. The van der Waals surface area contributed by atoms with Crippen molar-refractivity contribution in [1.29, 1.82) is 0 Å². The molecule has 3 nitrogen and oxygen atoms in total. The molecule has 0 bridgehead atoms. The highest BCUT2D eigenvalue weighted by Gasteiger charge is 2.49. The topological polar surface area (TPSA) is 38.3 Å². The van der Waals surface area contributed by atoms with E-state index in [1.54, 1.807) is 24.3 Å². The van der Waals surface area contributed by atoms with Crippen molar-refractivity contribution in [3.8, 4) is 0 Å². The van der Waals surface area contributed by atoms with Crippen LogP contribution >= 0.6 is 23.2 Å². The van der Waals surface area contributed by atoms with Crippen molar-refractivity contribution in [1.82, 2.24) is 5.32 Å². The lowest BCUT2D eigenvalue weighted by Crippen LogP contribution is -2.60. The van der Waals surface area contributed by atoms with Gasteiger partial charge in [-0.2, -0.15) is 0 Å². The van der Waals surface area contributed by atoms with E-state index < -0.39 is 0 Å². The van der Waals surface area contributed by atoms with E-state index in [4.69, 9.17) is 27.9 Å². The molecule has 0 aromatic heterocycles. The Balaban J connectivity index is 1.61. The minimum absolute atomic E-state index is 0.0571. The molecule has 1 amide bonds. The molecule has 4 rings (SSSR count). The van der Waals surface area contributed by atoms with E-state index in [1.807, 2.05) is 24.3 Å². The van der Waals surface area contributed by atoms with Crippen LogP contribution in [0.1, 0.15) is 61.6 Å². The number of ether oxygens (including phenoxy) is 1. The fourth-order valence-corrected chi connectivity index (χ4v) is 5.21. The summed E-state index contributed by atoms with van der Waals surface area (Å²) in [6.07, 6.45) is 4.09. The van der Waals surface area contributed by atoms with Crippen LogP contribution in [0.5, 0.6) is 0 Å². The second-order valence-electron chi connectivity index (χ2n) is 8.82. The van der Waals surface area contributed by atoms with Gasteiger partial charge in [0.15, 0.2) is 0 Å². The zero-order chi connectivity index (χ0) is 20.6. The zero-order valence-corrected chi connectivity index (χ0v) is 18.3. The molecule has 1 saturated carbocycles. The zero-order valence-electron chi connectivity index (χ0n) is 16.8. The molecule has 29 heavy (non-hydrogen) atoms. The minimum atomic E-state index is -0.343. The molecule has 1 aliphatic heterocycles. The van der Waals surface area contributed by atoms with E-state index in [0.717, 1.165) is 24.8 Å². The third-order valence-corrected chi connectivity index (χ3v) is 7.07. The van der Waals surface area contributed by atoms with Crippen molar-refractivity contribution in [3.63, 3.8) is 0 Å². The molecule has 154 valence electrons. The normalized spacial score (nSPS) is 31.7. The van der Waals surface area contributed by atoms with Crippen molar-refractivity contribution in [2.75, 3.05) is 0 Å². The van der Waals surface area contributed by atoms with E-state index in [2.05, 4.69) is 19.2 Å². The molecule has 1 N–H and O–H groups in total. The van der Waals surface area contributed by atoms with Gasteiger partial charge in [-0.25, -0.2) is 0 Å². The summed E-state index contributed by atoms with van der Waals surface area (Å²) in [4.78, 5) is 13.0. The lowest BCUT2D eigenvalue weighted by molar-refractivity contribution is -0.144. The molecule has 0 spiro atoms. The van der Waals surface area contributed by atoms with Gasteiger partial charge in [-0.15, -0.1) is 0 Å². The van der Waals surface area contributed by atoms with E-state index in [-0.39, 0.29) is 23.7 Å². The highest BCUT2D eigenvalue weighted by atomic mass is 35.5. The second-order valence-corrected chi connectivity index (χ2v) is 9.69. The Kier molecular flexibility index (Phi) is 5.92. The molecular weight excluding hydrogens is 405 g/mol. The number of nitrogens with one attached hydrogen (secondary N) is 1. The van der Waals surface area contributed by atoms with E-state index in [9.17, 15) is 4.79 Å². The molecule has 2 aromatic rings. The average Bonchev–Trinajstić information content (AvgIpc) is 2.68. The quantitative estimate of drug-likeness (QED) is 0.606. The van der Waals surface area contributed by atoms with Crippen LogP contribution in [0, 0.1) is 11.8 Å². The van der Waals surface area contributed by atoms with Crippen molar-refractivity contribution in [2.24, 2.45) is 11.8 Å². The van der Waals surface area contributed by atoms with Crippen LogP contribution in [0.3, 0.4) is 0 Å². The maximum Gasteiger partial charge on any atom is 0.251 e. The van der Waals surface area contributed by atoms with Gasteiger partial charge in [0.1, 0.15) is 0 Å². The molecule has 0 radical (unpaired) electrons. The van der Waals surface area contributed by atoms with Gasteiger partial charge in [-0.1, -0.05) is 48.7 Å². The van der Waals surface area contributed by atoms with Crippen LogP contribution in [-0.2, 0) is 4.74 Å². The average molecular weight is 432 g/mol. The first-order valence-corrected chi connectivity index (χ1v) is 11.1. The maximum absolute atomic E-state index is 13.0. The van der Waals surface area contributed by atoms with Crippen LogP contribution in [0.2, 0.25) is 10.0 Å². The van der Waals surface area contributed by atoms with Crippen LogP contribution in [0.4, 0.5) is 0 Å². The van der Waals surface area contributed by atoms with Gasteiger partial charge in [0.25, 0.3) is 5.91 Å². The fourth-order valence-electron chi connectivity index (χ4n) is 4.95. The first-order valence-electron chi connectivity index (χ1n) is 10.3. The number of rotatable bonds is 3. The Morgan fingerprint density at radius 1 is 1.03 bits per heavy atom. The van der Waals surface area contributed by atoms with E-state index in [0.29, 0.717) is 27.4 Å². The largest absolute Gasteiger partial charge is 0.370 e. The predicted molar refractivity (Wildman–Crippen MR) is 118 cm³/mol. The molecule has 2 fully saturated rings. The minimum Gasteiger partial charge on any atom is -0.370 e. The first kappa shape index (κ1) is 20.7. The summed E-state index contributed by atoms with van der Waals surface area (Å²) in [6.45, 7) is 4.47. The Bertz CT molecular complexity index is 867. The molecule has 2 aliphatic rings. The molecule has 5 heteroatoms. The number of hydrogen-bond acceptors (Lipinski definition) is 2. The number of carbonyl (C=O) groups excluding carboxylic acids is 1. The van der Waals surface area contributed by atoms with E-state index in [1.165, 1.54) is 6.42 Å². The molecule has 1 heterocycles. The molecule has 2 aromatic carbocycles. The predicted octanol–water partition coefficient (Wildman–Crippen LogP) is 6.45. The van der Waals surface area contributed by atoms with Crippen molar-refractivity contribution in [3.05, 3.63) is 69.7 Å².